The third-order valence-electron chi connectivity index (χ3n) is 2.73. The maximum absolute atomic E-state index is 11.6. The molecule has 1 heterocycles. The number of para-hydroxylation sites is 1. The summed E-state index contributed by atoms with van der Waals surface area (Å²) in [6.45, 7) is 3.77. The number of esters is 1. The van der Waals surface area contributed by atoms with Crippen molar-refractivity contribution in [3.8, 4) is 5.69 Å². The molecule has 0 spiro atoms. The number of aliphatic hydroxyl groups excluding tert-OH is 1. The smallest absolute Gasteiger partial charge is 0.341 e. The molecule has 0 amide bonds. The standard InChI is InChI=1S/C14H16N2O3/c1-3-19-14(18)11-8-15-16(9-11)13-7-5-4-6-12(13)10(2)17/h4-10,17H,3H2,1-2H3. The third kappa shape index (κ3) is 2.82. The van der Waals surface area contributed by atoms with Crippen molar-refractivity contribution in [1.29, 1.82) is 0 Å². The van der Waals surface area contributed by atoms with Gasteiger partial charge in [-0.25, -0.2) is 9.48 Å². The van der Waals surface area contributed by atoms with Gasteiger partial charge in [-0.15, -0.1) is 0 Å². The van der Waals surface area contributed by atoms with E-state index in [9.17, 15) is 9.90 Å². The lowest BCUT2D eigenvalue weighted by molar-refractivity contribution is 0.0526. The van der Waals surface area contributed by atoms with Gasteiger partial charge in [0, 0.05) is 11.8 Å². The minimum absolute atomic E-state index is 0.328. The second-order valence-corrected chi connectivity index (χ2v) is 4.13. The number of benzene rings is 1. The highest BCUT2D eigenvalue weighted by molar-refractivity contribution is 5.88. The fourth-order valence-corrected chi connectivity index (χ4v) is 1.82. The molecule has 0 aliphatic carbocycles. The average molecular weight is 260 g/mol. The van der Waals surface area contributed by atoms with Crippen LogP contribution in [0.5, 0.6) is 0 Å². The molecule has 19 heavy (non-hydrogen) atoms. The van der Waals surface area contributed by atoms with Gasteiger partial charge in [0.05, 0.1) is 30.2 Å². The molecule has 1 aromatic carbocycles. The summed E-state index contributed by atoms with van der Waals surface area (Å²) in [5, 5.41) is 13.9. The van der Waals surface area contributed by atoms with Crippen molar-refractivity contribution in [1.82, 2.24) is 9.78 Å². The molecule has 1 unspecified atom stereocenters. The van der Waals surface area contributed by atoms with E-state index in [1.807, 2.05) is 24.3 Å². The van der Waals surface area contributed by atoms with Gasteiger partial charge in [-0.05, 0) is 19.9 Å². The highest BCUT2D eigenvalue weighted by Gasteiger charge is 2.13. The minimum atomic E-state index is -0.605. The van der Waals surface area contributed by atoms with Crippen LogP contribution in [0.3, 0.4) is 0 Å². The number of carbonyl (C=O) groups is 1. The van der Waals surface area contributed by atoms with E-state index in [2.05, 4.69) is 5.10 Å². The number of rotatable bonds is 4. The number of hydrogen-bond acceptors (Lipinski definition) is 4. The first kappa shape index (κ1) is 13.3. The van der Waals surface area contributed by atoms with Crippen LogP contribution >= 0.6 is 0 Å². The van der Waals surface area contributed by atoms with E-state index in [-0.39, 0.29) is 0 Å². The van der Waals surface area contributed by atoms with Gasteiger partial charge >= 0.3 is 5.97 Å². The van der Waals surface area contributed by atoms with E-state index < -0.39 is 12.1 Å². The molecule has 1 aromatic heterocycles. The van der Waals surface area contributed by atoms with Gasteiger partial charge in [0.1, 0.15) is 0 Å². The normalized spacial score (nSPS) is 12.2. The number of hydrogen-bond donors (Lipinski definition) is 1. The van der Waals surface area contributed by atoms with Gasteiger partial charge in [0.25, 0.3) is 0 Å². The van der Waals surface area contributed by atoms with Crippen molar-refractivity contribution in [3.63, 3.8) is 0 Å². The fourth-order valence-electron chi connectivity index (χ4n) is 1.82. The molecule has 5 nitrogen and oxygen atoms in total. The largest absolute Gasteiger partial charge is 0.462 e. The van der Waals surface area contributed by atoms with Crippen LogP contribution in [0.4, 0.5) is 0 Å². The quantitative estimate of drug-likeness (QED) is 0.855. The van der Waals surface area contributed by atoms with Crippen LogP contribution in [0, 0.1) is 0 Å². The zero-order valence-corrected chi connectivity index (χ0v) is 10.9. The molecule has 0 saturated heterocycles. The Bertz CT molecular complexity index is 576. The van der Waals surface area contributed by atoms with Crippen LogP contribution in [0.2, 0.25) is 0 Å². The van der Waals surface area contributed by atoms with Gasteiger partial charge in [0.15, 0.2) is 0 Å². The highest BCUT2D eigenvalue weighted by atomic mass is 16.5. The molecule has 5 heteroatoms. The van der Waals surface area contributed by atoms with Gasteiger partial charge in [-0.2, -0.15) is 5.10 Å². The van der Waals surface area contributed by atoms with Crippen molar-refractivity contribution in [2.75, 3.05) is 6.61 Å². The van der Waals surface area contributed by atoms with Crippen LogP contribution in [0.1, 0.15) is 35.9 Å². The van der Waals surface area contributed by atoms with E-state index in [0.29, 0.717) is 12.2 Å². The maximum Gasteiger partial charge on any atom is 0.341 e. The Morgan fingerprint density at radius 1 is 1.47 bits per heavy atom. The lowest BCUT2D eigenvalue weighted by Crippen LogP contribution is -2.04. The van der Waals surface area contributed by atoms with Gasteiger partial charge in [0.2, 0.25) is 0 Å². The van der Waals surface area contributed by atoms with Crippen molar-refractivity contribution < 1.29 is 14.6 Å². The molecule has 0 aliphatic heterocycles. The second-order valence-electron chi connectivity index (χ2n) is 4.13. The summed E-state index contributed by atoms with van der Waals surface area (Å²) in [6, 6.07) is 7.37. The second kappa shape index (κ2) is 5.67. The Morgan fingerprint density at radius 2 is 2.21 bits per heavy atom. The molecule has 1 atom stereocenters. The van der Waals surface area contributed by atoms with Gasteiger partial charge < -0.3 is 9.84 Å². The summed E-state index contributed by atoms with van der Waals surface area (Å²) in [5.41, 5.74) is 1.89. The SMILES string of the molecule is CCOC(=O)c1cnn(-c2ccccc2C(C)O)c1. The van der Waals surface area contributed by atoms with E-state index in [0.717, 1.165) is 11.3 Å². The van der Waals surface area contributed by atoms with Crippen molar-refractivity contribution in [2.24, 2.45) is 0 Å². The summed E-state index contributed by atoms with van der Waals surface area (Å²) in [7, 11) is 0. The predicted octanol–water partition coefficient (Wildman–Crippen LogP) is 2.10. The third-order valence-corrected chi connectivity index (χ3v) is 2.73. The molecule has 0 bridgehead atoms. The summed E-state index contributed by atoms with van der Waals surface area (Å²) in [4.78, 5) is 11.6. The lowest BCUT2D eigenvalue weighted by atomic mass is 10.1. The van der Waals surface area contributed by atoms with Gasteiger partial charge in [-0.1, -0.05) is 18.2 Å². The minimum Gasteiger partial charge on any atom is -0.462 e. The van der Waals surface area contributed by atoms with Crippen LogP contribution in [-0.4, -0.2) is 27.5 Å². The number of ether oxygens (including phenoxy) is 1. The van der Waals surface area contributed by atoms with Crippen molar-refractivity contribution >= 4 is 5.97 Å². The molecular weight excluding hydrogens is 244 g/mol. The summed E-state index contributed by atoms with van der Waals surface area (Å²) in [5.74, 6) is -0.400. The summed E-state index contributed by atoms with van der Waals surface area (Å²) >= 11 is 0. The van der Waals surface area contributed by atoms with Crippen LogP contribution in [0.15, 0.2) is 36.7 Å². The highest BCUT2D eigenvalue weighted by Crippen LogP contribution is 2.21. The molecule has 0 fully saturated rings. The Balaban J connectivity index is 2.36. The number of nitrogens with zero attached hydrogens (tertiary/aromatic N) is 2. The molecular formula is C14H16N2O3. The number of aliphatic hydroxyl groups is 1. The summed E-state index contributed by atoms with van der Waals surface area (Å²) < 4.78 is 6.48. The molecule has 100 valence electrons. The Morgan fingerprint density at radius 3 is 2.89 bits per heavy atom. The van der Waals surface area contributed by atoms with Crippen LogP contribution in [-0.2, 0) is 4.74 Å². The number of aromatic nitrogens is 2. The maximum atomic E-state index is 11.6. The predicted molar refractivity (Wildman–Crippen MR) is 70.2 cm³/mol. The zero-order valence-electron chi connectivity index (χ0n) is 10.9. The average Bonchev–Trinajstić information content (AvgIpc) is 2.88. The fraction of sp³-hybridized carbons (Fsp3) is 0.286. The first-order valence-electron chi connectivity index (χ1n) is 6.12. The van der Waals surface area contributed by atoms with E-state index in [4.69, 9.17) is 4.74 Å². The Labute approximate surface area is 111 Å². The van der Waals surface area contributed by atoms with Crippen LogP contribution in [0.25, 0.3) is 5.69 Å². The van der Waals surface area contributed by atoms with E-state index in [1.165, 1.54) is 6.20 Å². The first-order valence-corrected chi connectivity index (χ1v) is 6.12. The molecule has 2 rings (SSSR count). The zero-order chi connectivity index (χ0) is 13.8. The van der Waals surface area contributed by atoms with Gasteiger partial charge in [-0.3, -0.25) is 0 Å². The molecule has 2 aromatic rings. The topological polar surface area (TPSA) is 64.3 Å². The van der Waals surface area contributed by atoms with E-state index in [1.54, 1.807) is 24.7 Å². The first-order chi connectivity index (χ1) is 9.13. The van der Waals surface area contributed by atoms with Crippen molar-refractivity contribution in [3.05, 3.63) is 47.8 Å². The monoisotopic (exact) mass is 260 g/mol. The Kier molecular flexibility index (Phi) is 3.97. The summed E-state index contributed by atoms with van der Waals surface area (Å²) in [6.07, 6.45) is 2.45. The molecule has 0 radical (unpaired) electrons. The number of carbonyl (C=O) groups excluding carboxylic acids is 1. The molecule has 0 saturated carbocycles. The van der Waals surface area contributed by atoms with Crippen molar-refractivity contribution in [2.45, 2.75) is 20.0 Å². The van der Waals surface area contributed by atoms with Crippen LogP contribution < -0.4 is 0 Å². The van der Waals surface area contributed by atoms with E-state index >= 15 is 0 Å². The lowest BCUT2D eigenvalue weighted by Gasteiger charge is -2.11. The molecule has 0 aliphatic rings. The Hall–Kier alpha value is -2.14. The molecule has 1 N–H and O–H groups in total.